The maximum Gasteiger partial charge on any atom is 0.126 e. The van der Waals surface area contributed by atoms with Gasteiger partial charge in [0, 0.05) is 49.7 Å². The first-order chi connectivity index (χ1) is 13.2. The molecule has 0 aliphatic carbocycles. The van der Waals surface area contributed by atoms with Gasteiger partial charge in [0.2, 0.25) is 0 Å². The highest BCUT2D eigenvalue weighted by Gasteiger charge is 2.37. The Morgan fingerprint density at radius 1 is 1.25 bits per heavy atom. The molecule has 4 atom stereocenters. The van der Waals surface area contributed by atoms with Crippen LogP contribution in [0, 0.1) is 17.3 Å². The summed E-state index contributed by atoms with van der Waals surface area (Å²) in [6.07, 6.45) is 7.47. The molecule has 0 bridgehead atoms. The van der Waals surface area contributed by atoms with E-state index in [4.69, 9.17) is 0 Å². The van der Waals surface area contributed by atoms with Gasteiger partial charge in [-0.2, -0.15) is 0 Å². The molecule has 1 unspecified atom stereocenters. The van der Waals surface area contributed by atoms with Gasteiger partial charge in [0.05, 0.1) is 6.04 Å². The molecule has 3 nitrogen and oxygen atoms in total. The number of alkyl halides is 1. The zero-order valence-electron chi connectivity index (χ0n) is 18.3. The average Bonchev–Trinajstić information content (AvgIpc) is 3.09. The Morgan fingerprint density at radius 3 is 2.64 bits per heavy atom. The highest BCUT2D eigenvalue weighted by Crippen LogP contribution is 2.37. The van der Waals surface area contributed by atoms with Crippen LogP contribution >= 0.6 is 0 Å². The van der Waals surface area contributed by atoms with Crippen molar-refractivity contribution in [2.75, 3.05) is 26.2 Å². The number of allylic oxidation sites excluding steroid dienone is 2. The number of piperidine rings is 1. The lowest BCUT2D eigenvalue weighted by molar-refractivity contribution is 0.100. The fraction of sp³-hybridized carbons (Fsp3) is 0.708. The van der Waals surface area contributed by atoms with Crippen LogP contribution in [0.5, 0.6) is 0 Å². The SMILES string of the molecule is C=C(CC(C)(C)C)N1CC[C@@H](C(=C)N2CCC[C@H]2C2=CC(C)CN=C2)[C@@H](F)C1. The van der Waals surface area contributed by atoms with Gasteiger partial charge in [0.1, 0.15) is 6.17 Å². The van der Waals surface area contributed by atoms with Gasteiger partial charge >= 0.3 is 0 Å². The monoisotopic (exact) mass is 387 g/mol. The Kier molecular flexibility index (Phi) is 6.36. The van der Waals surface area contributed by atoms with Crippen LogP contribution in [0.1, 0.15) is 53.4 Å². The number of dihydropyridines is 1. The molecule has 0 aromatic heterocycles. The van der Waals surface area contributed by atoms with Crippen LogP contribution in [0.2, 0.25) is 0 Å². The van der Waals surface area contributed by atoms with Gasteiger partial charge in [-0.15, -0.1) is 0 Å². The lowest BCUT2D eigenvalue weighted by atomic mass is 9.87. The van der Waals surface area contributed by atoms with Crippen molar-refractivity contribution in [3.05, 3.63) is 36.2 Å². The Balaban J connectivity index is 1.63. The molecule has 2 saturated heterocycles. The van der Waals surface area contributed by atoms with Crippen LogP contribution < -0.4 is 0 Å². The molecule has 28 heavy (non-hydrogen) atoms. The van der Waals surface area contributed by atoms with Crippen molar-refractivity contribution < 1.29 is 4.39 Å². The molecule has 2 fully saturated rings. The number of likely N-dealkylation sites (tertiary alicyclic amines) is 2. The van der Waals surface area contributed by atoms with E-state index in [0.29, 0.717) is 18.5 Å². The molecule has 3 heterocycles. The van der Waals surface area contributed by atoms with Crippen molar-refractivity contribution >= 4 is 6.21 Å². The van der Waals surface area contributed by atoms with E-state index in [2.05, 4.69) is 61.7 Å². The second kappa shape index (κ2) is 8.42. The van der Waals surface area contributed by atoms with Crippen LogP contribution in [0.4, 0.5) is 4.39 Å². The minimum absolute atomic E-state index is 0.0853. The first-order valence-corrected chi connectivity index (χ1v) is 10.9. The molecule has 0 N–H and O–H groups in total. The average molecular weight is 388 g/mol. The molecule has 3 rings (SSSR count). The summed E-state index contributed by atoms with van der Waals surface area (Å²) in [4.78, 5) is 9.04. The van der Waals surface area contributed by atoms with E-state index in [0.717, 1.165) is 56.7 Å². The Labute approximate surface area is 171 Å². The number of rotatable bonds is 5. The summed E-state index contributed by atoms with van der Waals surface area (Å²) in [7, 11) is 0. The molecule has 3 aliphatic heterocycles. The number of nitrogens with zero attached hydrogens (tertiary/aromatic N) is 3. The zero-order chi connectivity index (χ0) is 20.5. The summed E-state index contributed by atoms with van der Waals surface area (Å²) in [6.45, 7) is 20.6. The van der Waals surface area contributed by atoms with Gasteiger partial charge < -0.3 is 9.80 Å². The van der Waals surface area contributed by atoms with Crippen molar-refractivity contribution in [3.63, 3.8) is 0 Å². The van der Waals surface area contributed by atoms with E-state index in [1.54, 1.807) is 0 Å². The predicted molar refractivity (Wildman–Crippen MR) is 117 cm³/mol. The predicted octanol–water partition coefficient (Wildman–Crippen LogP) is 5.22. The smallest absolute Gasteiger partial charge is 0.126 e. The van der Waals surface area contributed by atoms with E-state index in [9.17, 15) is 0 Å². The third-order valence-corrected chi connectivity index (χ3v) is 6.27. The van der Waals surface area contributed by atoms with E-state index in [1.807, 2.05) is 6.21 Å². The fourth-order valence-corrected chi connectivity index (χ4v) is 4.91. The second-order valence-corrected chi connectivity index (χ2v) is 10.1. The molecule has 0 aromatic rings. The first-order valence-electron chi connectivity index (χ1n) is 10.9. The molecule has 0 aromatic carbocycles. The maximum atomic E-state index is 15.2. The summed E-state index contributed by atoms with van der Waals surface area (Å²) >= 11 is 0. The van der Waals surface area contributed by atoms with E-state index < -0.39 is 6.17 Å². The molecular weight excluding hydrogens is 349 g/mol. The summed E-state index contributed by atoms with van der Waals surface area (Å²) in [6, 6.07) is 0.320. The third kappa shape index (κ3) is 4.87. The van der Waals surface area contributed by atoms with Crippen molar-refractivity contribution in [2.45, 2.75) is 65.6 Å². The van der Waals surface area contributed by atoms with Crippen LogP contribution in [0.15, 0.2) is 41.2 Å². The normalized spacial score (nSPS) is 31.1. The summed E-state index contributed by atoms with van der Waals surface area (Å²) in [5.74, 6) is 0.402. The van der Waals surface area contributed by atoms with Crippen LogP contribution in [0.25, 0.3) is 0 Å². The molecule has 0 saturated carbocycles. The van der Waals surface area contributed by atoms with Crippen LogP contribution in [0.3, 0.4) is 0 Å². The van der Waals surface area contributed by atoms with Crippen molar-refractivity contribution in [3.8, 4) is 0 Å². The first kappa shape index (κ1) is 21.1. The lowest BCUT2D eigenvalue weighted by Crippen LogP contribution is -2.45. The third-order valence-electron chi connectivity index (χ3n) is 6.27. The molecular formula is C24H38FN3. The number of aliphatic imine (C=N–C) groups is 1. The Hall–Kier alpha value is -1.58. The van der Waals surface area contributed by atoms with Crippen molar-refractivity contribution in [2.24, 2.45) is 22.2 Å². The largest absolute Gasteiger partial charge is 0.372 e. The number of hydrogen-bond acceptors (Lipinski definition) is 3. The fourth-order valence-electron chi connectivity index (χ4n) is 4.91. The van der Waals surface area contributed by atoms with Crippen LogP contribution in [-0.4, -0.2) is 54.4 Å². The van der Waals surface area contributed by atoms with Crippen LogP contribution in [-0.2, 0) is 0 Å². The highest BCUT2D eigenvalue weighted by atomic mass is 19.1. The Bertz CT molecular complexity index is 657. The van der Waals surface area contributed by atoms with Gasteiger partial charge in [-0.05, 0) is 42.6 Å². The molecule has 0 amide bonds. The van der Waals surface area contributed by atoms with Crippen molar-refractivity contribution in [1.29, 1.82) is 0 Å². The van der Waals surface area contributed by atoms with E-state index in [1.165, 1.54) is 5.57 Å². The molecule has 4 heteroatoms. The van der Waals surface area contributed by atoms with Gasteiger partial charge in [0.15, 0.2) is 0 Å². The number of hydrogen-bond donors (Lipinski definition) is 0. The summed E-state index contributed by atoms with van der Waals surface area (Å²) < 4.78 is 15.2. The molecule has 0 spiro atoms. The summed E-state index contributed by atoms with van der Waals surface area (Å²) in [5.41, 5.74) is 3.53. The minimum atomic E-state index is -0.882. The topological polar surface area (TPSA) is 18.8 Å². The van der Waals surface area contributed by atoms with Gasteiger partial charge in [0.25, 0.3) is 0 Å². The summed E-state index contributed by atoms with van der Waals surface area (Å²) in [5, 5.41) is 0. The zero-order valence-corrected chi connectivity index (χ0v) is 18.3. The van der Waals surface area contributed by atoms with Crippen molar-refractivity contribution in [1.82, 2.24) is 9.80 Å². The molecule has 3 aliphatic rings. The molecule has 0 radical (unpaired) electrons. The quantitative estimate of drug-likeness (QED) is 0.644. The van der Waals surface area contributed by atoms with E-state index >= 15 is 4.39 Å². The van der Waals surface area contributed by atoms with Gasteiger partial charge in [-0.1, -0.05) is 46.9 Å². The van der Waals surface area contributed by atoms with Gasteiger partial charge in [-0.25, -0.2) is 4.39 Å². The maximum absolute atomic E-state index is 15.2. The highest BCUT2D eigenvalue weighted by molar-refractivity contribution is 5.81. The van der Waals surface area contributed by atoms with Gasteiger partial charge in [-0.3, -0.25) is 4.99 Å². The standard InChI is InChI=1S/C24H38FN3/c1-17-12-20(15-26-14-17)23-8-7-10-28(23)19(3)21-9-11-27(16-22(21)25)18(2)13-24(4,5)6/h12,15,17,21-23H,2-3,7-11,13-14,16H2,1,4-6H3/t17?,21-,22-,23-/m0/s1. The number of halogens is 1. The minimum Gasteiger partial charge on any atom is -0.372 e. The lowest BCUT2D eigenvalue weighted by Gasteiger charge is -2.42. The Morgan fingerprint density at radius 2 is 2.00 bits per heavy atom. The van der Waals surface area contributed by atoms with E-state index in [-0.39, 0.29) is 11.3 Å². The second-order valence-electron chi connectivity index (χ2n) is 10.1. The molecule has 156 valence electrons.